The van der Waals surface area contributed by atoms with Crippen LogP contribution in [-0.2, 0) is 5.41 Å². The molecule has 2 fully saturated rings. The van der Waals surface area contributed by atoms with Crippen molar-refractivity contribution in [3.05, 3.63) is 76.3 Å². The molecular weight excluding hydrogens is 284 g/mol. The molecule has 0 bridgehead atoms. The monoisotopic (exact) mass is 302 g/mol. The molecule has 2 aromatic carbocycles. The number of rotatable bonds is 2. The van der Waals surface area contributed by atoms with E-state index in [4.69, 9.17) is 4.98 Å². The topological polar surface area (TPSA) is 45.8 Å². The lowest BCUT2D eigenvalue weighted by molar-refractivity contribution is 0.437. The predicted octanol–water partition coefficient (Wildman–Crippen LogP) is 3.64. The number of hydrogen-bond donors (Lipinski definition) is 1. The Labute approximate surface area is 134 Å². The Morgan fingerprint density at radius 3 is 2.57 bits per heavy atom. The molecule has 1 aromatic heterocycles. The van der Waals surface area contributed by atoms with E-state index in [-0.39, 0.29) is 11.0 Å². The molecule has 114 valence electrons. The van der Waals surface area contributed by atoms with E-state index in [0.29, 0.717) is 11.3 Å². The highest BCUT2D eigenvalue weighted by Gasteiger charge is 2.60. The molecule has 0 radical (unpaired) electrons. The van der Waals surface area contributed by atoms with E-state index >= 15 is 0 Å². The van der Waals surface area contributed by atoms with Crippen molar-refractivity contribution < 1.29 is 0 Å². The van der Waals surface area contributed by atoms with Crippen molar-refractivity contribution in [3.63, 3.8) is 0 Å². The normalized spacial score (nSPS) is 28.7. The van der Waals surface area contributed by atoms with Crippen LogP contribution in [0.2, 0.25) is 0 Å². The Kier molecular flexibility index (Phi) is 2.58. The second-order valence-corrected chi connectivity index (χ2v) is 6.91. The summed E-state index contributed by atoms with van der Waals surface area (Å²) in [6.07, 6.45) is 3.56. The fourth-order valence-electron chi connectivity index (χ4n) is 4.59. The SMILES string of the molecule is O=c1[nH]c(C2(c3ccccc3)CCC3CC32)nc2ccccc12. The second-order valence-electron chi connectivity index (χ2n) is 6.91. The molecule has 2 aliphatic carbocycles. The first-order chi connectivity index (χ1) is 11.3. The highest BCUT2D eigenvalue weighted by molar-refractivity contribution is 5.77. The van der Waals surface area contributed by atoms with Crippen LogP contribution in [0.5, 0.6) is 0 Å². The molecule has 2 saturated carbocycles. The molecule has 3 aromatic rings. The largest absolute Gasteiger partial charge is 0.309 e. The Balaban J connectivity index is 1.79. The molecule has 23 heavy (non-hydrogen) atoms. The quantitative estimate of drug-likeness (QED) is 0.785. The van der Waals surface area contributed by atoms with Gasteiger partial charge in [-0.2, -0.15) is 0 Å². The average molecular weight is 302 g/mol. The first kappa shape index (κ1) is 13.1. The molecule has 0 aliphatic heterocycles. The van der Waals surface area contributed by atoms with Gasteiger partial charge in [-0.25, -0.2) is 4.98 Å². The molecule has 0 saturated heterocycles. The van der Waals surface area contributed by atoms with Crippen LogP contribution in [-0.4, -0.2) is 9.97 Å². The van der Waals surface area contributed by atoms with Crippen molar-refractivity contribution in [2.45, 2.75) is 24.7 Å². The van der Waals surface area contributed by atoms with Crippen molar-refractivity contribution in [1.29, 1.82) is 0 Å². The van der Waals surface area contributed by atoms with Gasteiger partial charge in [-0.1, -0.05) is 42.5 Å². The summed E-state index contributed by atoms with van der Waals surface area (Å²) >= 11 is 0. The smallest absolute Gasteiger partial charge is 0.258 e. The first-order valence-electron chi connectivity index (χ1n) is 8.34. The van der Waals surface area contributed by atoms with Gasteiger partial charge in [-0.3, -0.25) is 4.79 Å². The number of H-pyrrole nitrogens is 1. The summed E-state index contributed by atoms with van der Waals surface area (Å²) in [6.45, 7) is 0. The second kappa shape index (κ2) is 4.54. The van der Waals surface area contributed by atoms with Gasteiger partial charge in [0.1, 0.15) is 5.82 Å². The van der Waals surface area contributed by atoms with Gasteiger partial charge in [0.25, 0.3) is 5.56 Å². The number of para-hydroxylation sites is 1. The van der Waals surface area contributed by atoms with Gasteiger partial charge >= 0.3 is 0 Å². The van der Waals surface area contributed by atoms with Crippen LogP contribution in [0.3, 0.4) is 0 Å². The van der Waals surface area contributed by atoms with Gasteiger partial charge in [-0.15, -0.1) is 0 Å². The minimum atomic E-state index is -0.116. The Hall–Kier alpha value is -2.42. The van der Waals surface area contributed by atoms with Crippen molar-refractivity contribution >= 4 is 10.9 Å². The van der Waals surface area contributed by atoms with E-state index in [1.165, 1.54) is 18.4 Å². The van der Waals surface area contributed by atoms with Crippen molar-refractivity contribution in [1.82, 2.24) is 9.97 Å². The summed E-state index contributed by atoms with van der Waals surface area (Å²) in [5.74, 6) is 2.28. The van der Waals surface area contributed by atoms with E-state index in [1.54, 1.807) is 0 Å². The van der Waals surface area contributed by atoms with Crippen molar-refractivity contribution in [2.24, 2.45) is 11.8 Å². The van der Waals surface area contributed by atoms with E-state index in [2.05, 4.69) is 29.2 Å². The third kappa shape index (κ3) is 1.76. The highest BCUT2D eigenvalue weighted by Crippen LogP contribution is 2.64. The molecular formula is C20H18N2O. The Morgan fingerprint density at radius 1 is 1.04 bits per heavy atom. The standard InChI is InChI=1S/C20H18N2O/c23-18-15-8-4-5-9-17(15)21-19(22-18)20(11-10-13-12-16(13)20)14-6-2-1-3-7-14/h1-9,13,16H,10-12H2,(H,21,22,23). The summed E-state index contributed by atoms with van der Waals surface area (Å²) in [7, 11) is 0. The molecule has 0 spiro atoms. The Bertz CT molecular complexity index is 947. The van der Waals surface area contributed by atoms with Crippen LogP contribution in [0.25, 0.3) is 10.9 Å². The fourth-order valence-corrected chi connectivity index (χ4v) is 4.59. The van der Waals surface area contributed by atoms with Crippen LogP contribution < -0.4 is 5.56 Å². The number of fused-ring (bicyclic) bond motifs is 2. The van der Waals surface area contributed by atoms with E-state index in [0.717, 1.165) is 23.7 Å². The lowest BCUT2D eigenvalue weighted by atomic mass is 9.75. The maximum atomic E-state index is 12.6. The molecule has 1 N–H and O–H groups in total. The lowest BCUT2D eigenvalue weighted by Crippen LogP contribution is -2.32. The third-order valence-corrected chi connectivity index (χ3v) is 5.79. The third-order valence-electron chi connectivity index (χ3n) is 5.79. The minimum absolute atomic E-state index is 0.0231. The maximum absolute atomic E-state index is 12.6. The molecule has 3 nitrogen and oxygen atoms in total. The summed E-state index contributed by atoms with van der Waals surface area (Å²) in [5.41, 5.74) is 1.95. The molecule has 1 heterocycles. The van der Waals surface area contributed by atoms with Gasteiger partial charge in [0, 0.05) is 0 Å². The van der Waals surface area contributed by atoms with Gasteiger partial charge in [-0.05, 0) is 48.8 Å². The van der Waals surface area contributed by atoms with Crippen LogP contribution in [0, 0.1) is 11.8 Å². The summed E-state index contributed by atoms with van der Waals surface area (Å²) in [4.78, 5) is 20.6. The number of nitrogens with one attached hydrogen (secondary N) is 1. The fraction of sp³-hybridized carbons (Fsp3) is 0.300. The van der Waals surface area contributed by atoms with Crippen molar-refractivity contribution in [3.8, 4) is 0 Å². The van der Waals surface area contributed by atoms with E-state index < -0.39 is 0 Å². The van der Waals surface area contributed by atoms with E-state index in [1.807, 2.05) is 30.3 Å². The zero-order valence-corrected chi connectivity index (χ0v) is 12.8. The number of hydrogen-bond acceptors (Lipinski definition) is 2. The van der Waals surface area contributed by atoms with Crippen LogP contribution in [0.1, 0.15) is 30.7 Å². The molecule has 3 heteroatoms. The van der Waals surface area contributed by atoms with Crippen LogP contribution in [0.15, 0.2) is 59.4 Å². The van der Waals surface area contributed by atoms with Crippen LogP contribution >= 0.6 is 0 Å². The number of benzene rings is 2. The molecule has 3 atom stereocenters. The van der Waals surface area contributed by atoms with Crippen LogP contribution in [0.4, 0.5) is 0 Å². The molecule has 0 amide bonds. The lowest BCUT2D eigenvalue weighted by Gasteiger charge is -2.31. The molecule has 2 aliphatic rings. The average Bonchev–Trinajstić information content (AvgIpc) is 3.29. The Morgan fingerprint density at radius 2 is 1.83 bits per heavy atom. The van der Waals surface area contributed by atoms with E-state index in [9.17, 15) is 4.79 Å². The van der Waals surface area contributed by atoms with Crippen molar-refractivity contribution in [2.75, 3.05) is 0 Å². The summed E-state index contributed by atoms with van der Waals surface area (Å²) in [5, 5.41) is 0.671. The van der Waals surface area contributed by atoms with Gasteiger partial charge < -0.3 is 4.98 Å². The summed E-state index contributed by atoms with van der Waals surface area (Å²) < 4.78 is 0. The van der Waals surface area contributed by atoms with Gasteiger partial charge in [0.15, 0.2) is 0 Å². The maximum Gasteiger partial charge on any atom is 0.258 e. The molecule has 3 unspecified atom stereocenters. The number of aromatic amines is 1. The number of aromatic nitrogens is 2. The zero-order valence-electron chi connectivity index (χ0n) is 12.8. The molecule has 5 rings (SSSR count). The highest BCUT2D eigenvalue weighted by atomic mass is 16.1. The van der Waals surface area contributed by atoms with Gasteiger partial charge in [0.05, 0.1) is 16.3 Å². The summed E-state index contributed by atoms with van der Waals surface area (Å²) in [6, 6.07) is 18.2. The first-order valence-corrected chi connectivity index (χ1v) is 8.34. The zero-order chi connectivity index (χ0) is 15.4. The van der Waals surface area contributed by atoms with Gasteiger partial charge in [0.2, 0.25) is 0 Å². The minimum Gasteiger partial charge on any atom is -0.309 e. The number of nitrogens with zero attached hydrogens (tertiary/aromatic N) is 1. The predicted molar refractivity (Wildman–Crippen MR) is 90.4 cm³/mol.